The maximum absolute atomic E-state index is 6.02. The highest BCUT2D eigenvalue weighted by Crippen LogP contribution is 2.36. The molecular formula is C17H29N3O. The maximum atomic E-state index is 6.02. The molecule has 0 unspecified atom stereocenters. The van der Waals surface area contributed by atoms with Crippen LogP contribution in [0, 0.1) is 5.41 Å². The second kappa shape index (κ2) is 6.30. The molecule has 0 saturated heterocycles. The van der Waals surface area contributed by atoms with Crippen LogP contribution in [0.1, 0.15) is 66.0 Å². The first-order chi connectivity index (χ1) is 9.73. The molecule has 0 aliphatic heterocycles. The van der Waals surface area contributed by atoms with Crippen LogP contribution in [0.3, 0.4) is 0 Å². The van der Waals surface area contributed by atoms with Crippen molar-refractivity contribution >= 4 is 0 Å². The number of rotatable bonds is 4. The summed E-state index contributed by atoms with van der Waals surface area (Å²) in [5.74, 6) is 0.660. The van der Waals surface area contributed by atoms with Crippen LogP contribution in [-0.4, -0.2) is 21.6 Å². The lowest BCUT2D eigenvalue weighted by molar-refractivity contribution is 0.0943. The van der Waals surface area contributed by atoms with Crippen LogP contribution in [0.2, 0.25) is 0 Å². The molecule has 0 atom stereocenters. The summed E-state index contributed by atoms with van der Waals surface area (Å²) in [4.78, 5) is 8.81. The Morgan fingerprint density at radius 1 is 1.24 bits per heavy atom. The molecule has 1 N–H and O–H groups in total. The molecule has 0 aromatic carbocycles. The lowest BCUT2D eigenvalue weighted by Crippen LogP contribution is -2.35. The Bertz CT molecular complexity index is 455. The third-order valence-electron chi connectivity index (χ3n) is 4.04. The van der Waals surface area contributed by atoms with Gasteiger partial charge in [-0.1, -0.05) is 13.8 Å². The molecule has 21 heavy (non-hydrogen) atoms. The Hall–Kier alpha value is -1.16. The first-order valence-corrected chi connectivity index (χ1v) is 7.96. The van der Waals surface area contributed by atoms with Crippen LogP contribution in [0.25, 0.3) is 0 Å². The lowest BCUT2D eigenvalue weighted by atomic mass is 9.76. The number of aromatic nitrogens is 2. The van der Waals surface area contributed by atoms with Gasteiger partial charge in [0, 0.05) is 18.3 Å². The van der Waals surface area contributed by atoms with Gasteiger partial charge < -0.3 is 10.1 Å². The Kier molecular flexibility index (Phi) is 4.87. The fraction of sp³-hybridized carbons (Fsp3) is 0.765. The summed E-state index contributed by atoms with van der Waals surface area (Å²) >= 11 is 0. The van der Waals surface area contributed by atoms with Gasteiger partial charge in [-0.15, -0.1) is 0 Å². The van der Waals surface area contributed by atoms with Crippen molar-refractivity contribution in [3.05, 3.63) is 18.1 Å². The van der Waals surface area contributed by atoms with Crippen molar-refractivity contribution in [2.24, 2.45) is 5.41 Å². The predicted molar refractivity (Wildman–Crippen MR) is 85.3 cm³/mol. The molecule has 118 valence electrons. The van der Waals surface area contributed by atoms with Crippen molar-refractivity contribution in [2.75, 3.05) is 0 Å². The van der Waals surface area contributed by atoms with Gasteiger partial charge in [-0.05, 0) is 51.9 Å². The van der Waals surface area contributed by atoms with Crippen LogP contribution < -0.4 is 10.1 Å². The van der Waals surface area contributed by atoms with Crippen LogP contribution in [0.15, 0.2) is 12.4 Å². The van der Waals surface area contributed by atoms with Crippen LogP contribution in [0.4, 0.5) is 0 Å². The number of nitrogens with one attached hydrogen (secondary N) is 1. The van der Waals surface area contributed by atoms with E-state index in [1.165, 1.54) is 12.8 Å². The minimum absolute atomic E-state index is 0.0769. The third kappa shape index (κ3) is 5.62. The molecule has 0 amide bonds. The maximum Gasteiger partial charge on any atom is 0.232 e. The molecule has 4 heteroatoms. The molecule has 0 spiro atoms. The van der Waals surface area contributed by atoms with Crippen molar-refractivity contribution < 1.29 is 4.74 Å². The van der Waals surface area contributed by atoms with E-state index in [-0.39, 0.29) is 11.6 Å². The molecular weight excluding hydrogens is 262 g/mol. The van der Waals surface area contributed by atoms with Gasteiger partial charge in [-0.25, -0.2) is 4.98 Å². The Labute approximate surface area is 128 Å². The molecule has 1 aromatic heterocycles. The van der Waals surface area contributed by atoms with Crippen molar-refractivity contribution in [3.8, 4) is 5.88 Å². The van der Waals surface area contributed by atoms with Gasteiger partial charge in [-0.3, -0.25) is 4.98 Å². The summed E-state index contributed by atoms with van der Waals surface area (Å²) in [6, 6.07) is 0. The van der Waals surface area contributed by atoms with E-state index in [1.54, 1.807) is 12.4 Å². The van der Waals surface area contributed by atoms with Gasteiger partial charge in [0.05, 0.1) is 11.9 Å². The Morgan fingerprint density at radius 2 is 1.90 bits per heavy atom. The van der Waals surface area contributed by atoms with E-state index in [2.05, 4.69) is 49.9 Å². The Balaban J connectivity index is 1.89. The zero-order valence-corrected chi connectivity index (χ0v) is 14.1. The zero-order valence-electron chi connectivity index (χ0n) is 14.1. The van der Waals surface area contributed by atoms with Gasteiger partial charge in [0.25, 0.3) is 0 Å². The molecule has 1 heterocycles. The first kappa shape index (κ1) is 16.2. The molecule has 1 fully saturated rings. The van der Waals surface area contributed by atoms with E-state index in [0.29, 0.717) is 17.8 Å². The quantitative estimate of drug-likeness (QED) is 0.918. The van der Waals surface area contributed by atoms with Gasteiger partial charge in [0.1, 0.15) is 6.10 Å². The van der Waals surface area contributed by atoms with Crippen LogP contribution >= 0.6 is 0 Å². The van der Waals surface area contributed by atoms with E-state index in [1.807, 2.05) is 0 Å². The standard InChI is InChI=1S/C17H29N3O/c1-16(2,3)19-11-13-10-18-12-15(20-13)21-14-6-8-17(4,5)9-7-14/h10,12,14,19H,6-9,11H2,1-5H3. The van der Waals surface area contributed by atoms with Gasteiger partial charge >= 0.3 is 0 Å². The number of ether oxygens (including phenoxy) is 1. The molecule has 4 nitrogen and oxygen atoms in total. The Morgan fingerprint density at radius 3 is 2.52 bits per heavy atom. The second-order valence-electron chi connectivity index (χ2n) is 7.93. The molecule has 1 saturated carbocycles. The normalized spacial score (nSPS) is 19.5. The fourth-order valence-corrected chi connectivity index (χ4v) is 2.55. The third-order valence-corrected chi connectivity index (χ3v) is 4.04. The van der Waals surface area contributed by atoms with E-state index >= 15 is 0 Å². The van der Waals surface area contributed by atoms with Crippen LogP contribution in [0.5, 0.6) is 5.88 Å². The van der Waals surface area contributed by atoms with Crippen LogP contribution in [-0.2, 0) is 6.54 Å². The topological polar surface area (TPSA) is 47.0 Å². The van der Waals surface area contributed by atoms with Gasteiger partial charge in [-0.2, -0.15) is 0 Å². The first-order valence-electron chi connectivity index (χ1n) is 7.96. The van der Waals surface area contributed by atoms with Crippen molar-refractivity contribution in [1.29, 1.82) is 0 Å². The average Bonchev–Trinajstić information content (AvgIpc) is 2.39. The summed E-state index contributed by atoms with van der Waals surface area (Å²) in [5.41, 5.74) is 1.47. The molecule has 1 aliphatic carbocycles. The van der Waals surface area contributed by atoms with E-state index in [9.17, 15) is 0 Å². The number of hydrogen-bond acceptors (Lipinski definition) is 4. The fourth-order valence-electron chi connectivity index (χ4n) is 2.55. The number of hydrogen-bond donors (Lipinski definition) is 1. The largest absolute Gasteiger partial charge is 0.473 e. The monoisotopic (exact) mass is 291 g/mol. The molecule has 0 bridgehead atoms. The second-order valence-corrected chi connectivity index (χ2v) is 7.93. The number of nitrogens with zero attached hydrogens (tertiary/aromatic N) is 2. The van der Waals surface area contributed by atoms with Crippen molar-refractivity contribution in [2.45, 2.75) is 78.5 Å². The van der Waals surface area contributed by atoms with E-state index < -0.39 is 0 Å². The minimum atomic E-state index is 0.0769. The predicted octanol–water partition coefficient (Wildman–Crippen LogP) is 3.71. The molecule has 0 radical (unpaired) electrons. The lowest BCUT2D eigenvalue weighted by Gasteiger charge is -2.34. The molecule has 2 rings (SSSR count). The average molecular weight is 291 g/mol. The molecule has 1 aliphatic rings. The summed E-state index contributed by atoms with van der Waals surface area (Å²) in [7, 11) is 0. The van der Waals surface area contributed by atoms with Crippen molar-refractivity contribution in [1.82, 2.24) is 15.3 Å². The van der Waals surface area contributed by atoms with Crippen molar-refractivity contribution in [3.63, 3.8) is 0 Å². The highest BCUT2D eigenvalue weighted by atomic mass is 16.5. The highest BCUT2D eigenvalue weighted by molar-refractivity contribution is 5.09. The summed E-state index contributed by atoms with van der Waals surface area (Å²) in [6.45, 7) is 11.8. The molecule has 1 aromatic rings. The summed E-state index contributed by atoms with van der Waals surface area (Å²) in [6.07, 6.45) is 8.47. The summed E-state index contributed by atoms with van der Waals surface area (Å²) < 4.78 is 6.02. The zero-order chi connectivity index (χ0) is 15.5. The minimum Gasteiger partial charge on any atom is -0.473 e. The van der Waals surface area contributed by atoms with E-state index in [0.717, 1.165) is 18.5 Å². The SMILES string of the molecule is CC1(C)CCC(Oc2cncc(CNC(C)(C)C)n2)CC1. The van der Waals surface area contributed by atoms with Gasteiger partial charge in [0.2, 0.25) is 5.88 Å². The summed E-state index contributed by atoms with van der Waals surface area (Å²) in [5, 5.41) is 3.42. The van der Waals surface area contributed by atoms with Gasteiger partial charge in [0.15, 0.2) is 0 Å². The smallest absolute Gasteiger partial charge is 0.232 e. The van der Waals surface area contributed by atoms with E-state index in [4.69, 9.17) is 4.74 Å². The highest BCUT2D eigenvalue weighted by Gasteiger charge is 2.28.